The molecule has 0 saturated carbocycles. The Morgan fingerprint density at radius 1 is 1.05 bits per heavy atom. The van der Waals surface area contributed by atoms with Crippen molar-refractivity contribution < 1.29 is 0 Å². The van der Waals surface area contributed by atoms with Gasteiger partial charge in [-0.2, -0.15) is 0 Å². The fourth-order valence-electron chi connectivity index (χ4n) is 3.05. The second-order valence-electron chi connectivity index (χ2n) is 6.92. The molecule has 1 aromatic rings. The fourth-order valence-corrected chi connectivity index (χ4v) is 3.05. The molecular weight excluding hydrogens is 232 g/mol. The lowest BCUT2D eigenvalue weighted by Crippen LogP contribution is -2.37. The van der Waals surface area contributed by atoms with Crippen LogP contribution >= 0.6 is 0 Å². The highest BCUT2D eigenvalue weighted by Gasteiger charge is 2.26. The van der Waals surface area contributed by atoms with E-state index in [0.717, 1.165) is 0 Å². The Kier molecular flexibility index (Phi) is 4.32. The van der Waals surface area contributed by atoms with E-state index in [4.69, 9.17) is 5.73 Å². The standard InChI is InChI=1S/C17H28N2/c1-13(18)16(19-11-5-6-12-19)14-7-9-15(10-8-14)17(2,3)4/h7-10,13,16H,5-6,11-12,18H2,1-4H3. The van der Waals surface area contributed by atoms with Crippen LogP contribution in [-0.2, 0) is 5.41 Å². The predicted octanol–water partition coefficient (Wildman–Crippen LogP) is 3.47. The minimum atomic E-state index is 0.179. The molecule has 0 spiro atoms. The summed E-state index contributed by atoms with van der Waals surface area (Å²) in [7, 11) is 0. The molecule has 19 heavy (non-hydrogen) atoms. The zero-order chi connectivity index (χ0) is 14.0. The maximum Gasteiger partial charge on any atom is 0.0496 e. The molecule has 1 saturated heterocycles. The van der Waals surface area contributed by atoms with E-state index in [1.165, 1.54) is 37.1 Å². The van der Waals surface area contributed by atoms with Gasteiger partial charge in [0, 0.05) is 12.1 Å². The first-order valence-electron chi connectivity index (χ1n) is 7.49. The van der Waals surface area contributed by atoms with Crippen LogP contribution in [0.3, 0.4) is 0 Å². The van der Waals surface area contributed by atoms with Gasteiger partial charge in [-0.3, -0.25) is 4.90 Å². The summed E-state index contributed by atoms with van der Waals surface area (Å²) in [4.78, 5) is 2.54. The summed E-state index contributed by atoms with van der Waals surface area (Å²) >= 11 is 0. The fraction of sp³-hybridized carbons (Fsp3) is 0.647. The third-order valence-electron chi connectivity index (χ3n) is 4.15. The van der Waals surface area contributed by atoms with Crippen molar-refractivity contribution >= 4 is 0 Å². The topological polar surface area (TPSA) is 29.3 Å². The van der Waals surface area contributed by atoms with Gasteiger partial charge in [-0.25, -0.2) is 0 Å². The zero-order valence-electron chi connectivity index (χ0n) is 12.8. The van der Waals surface area contributed by atoms with E-state index >= 15 is 0 Å². The molecule has 0 aliphatic carbocycles. The molecule has 2 heteroatoms. The first kappa shape index (κ1) is 14.5. The molecule has 1 aromatic carbocycles. The van der Waals surface area contributed by atoms with Crippen LogP contribution in [0, 0.1) is 0 Å². The van der Waals surface area contributed by atoms with Gasteiger partial charge < -0.3 is 5.73 Å². The Morgan fingerprint density at radius 3 is 2.00 bits per heavy atom. The van der Waals surface area contributed by atoms with E-state index in [2.05, 4.69) is 56.9 Å². The molecule has 1 aliphatic heterocycles. The highest BCUT2D eigenvalue weighted by atomic mass is 15.2. The van der Waals surface area contributed by atoms with Crippen LogP contribution < -0.4 is 5.73 Å². The third kappa shape index (κ3) is 3.37. The minimum Gasteiger partial charge on any atom is -0.326 e. The Hall–Kier alpha value is -0.860. The molecule has 0 amide bonds. The molecule has 2 rings (SSSR count). The summed E-state index contributed by atoms with van der Waals surface area (Å²) in [6.07, 6.45) is 2.62. The summed E-state index contributed by atoms with van der Waals surface area (Å²) in [5.41, 5.74) is 9.20. The van der Waals surface area contributed by atoms with Crippen LogP contribution in [0.2, 0.25) is 0 Å². The summed E-state index contributed by atoms with van der Waals surface area (Å²) in [6, 6.07) is 9.62. The number of rotatable bonds is 3. The number of hydrogen-bond acceptors (Lipinski definition) is 2. The Morgan fingerprint density at radius 2 is 1.58 bits per heavy atom. The third-order valence-corrected chi connectivity index (χ3v) is 4.15. The average molecular weight is 260 g/mol. The van der Waals surface area contributed by atoms with Gasteiger partial charge in [0.05, 0.1) is 0 Å². The van der Waals surface area contributed by atoms with Crippen molar-refractivity contribution in [1.82, 2.24) is 4.90 Å². The van der Waals surface area contributed by atoms with Gasteiger partial charge in [-0.05, 0) is 49.4 Å². The van der Waals surface area contributed by atoms with Crippen LogP contribution in [0.15, 0.2) is 24.3 Å². The Labute approximate surface area is 118 Å². The Bertz CT molecular complexity index is 394. The predicted molar refractivity (Wildman–Crippen MR) is 82.3 cm³/mol. The van der Waals surface area contributed by atoms with Crippen LogP contribution in [0.4, 0.5) is 0 Å². The van der Waals surface area contributed by atoms with Crippen LogP contribution in [0.5, 0.6) is 0 Å². The average Bonchev–Trinajstić information content (AvgIpc) is 2.82. The highest BCUT2D eigenvalue weighted by Crippen LogP contribution is 2.29. The maximum absolute atomic E-state index is 6.23. The molecule has 2 nitrogen and oxygen atoms in total. The summed E-state index contributed by atoms with van der Waals surface area (Å²) in [5.74, 6) is 0. The number of likely N-dealkylation sites (tertiary alicyclic amines) is 1. The molecule has 2 unspecified atom stereocenters. The lowest BCUT2D eigenvalue weighted by Gasteiger charge is -2.31. The first-order chi connectivity index (χ1) is 8.89. The van der Waals surface area contributed by atoms with Crippen molar-refractivity contribution in [2.45, 2.75) is 58.0 Å². The normalized spacial score (nSPS) is 20.5. The number of hydrogen-bond donors (Lipinski definition) is 1. The number of benzene rings is 1. The number of nitrogens with two attached hydrogens (primary N) is 1. The van der Waals surface area contributed by atoms with Crippen molar-refractivity contribution in [3.8, 4) is 0 Å². The Balaban J connectivity index is 2.22. The van der Waals surface area contributed by atoms with Gasteiger partial charge in [-0.15, -0.1) is 0 Å². The molecule has 1 heterocycles. The molecule has 0 bridgehead atoms. The lowest BCUT2D eigenvalue weighted by atomic mass is 9.85. The van der Waals surface area contributed by atoms with Gasteiger partial charge in [0.1, 0.15) is 0 Å². The van der Waals surface area contributed by atoms with E-state index < -0.39 is 0 Å². The van der Waals surface area contributed by atoms with E-state index in [-0.39, 0.29) is 11.5 Å². The number of nitrogens with zero attached hydrogens (tertiary/aromatic N) is 1. The molecule has 106 valence electrons. The van der Waals surface area contributed by atoms with Crippen molar-refractivity contribution in [3.05, 3.63) is 35.4 Å². The summed E-state index contributed by atoms with van der Waals surface area (Å²) in [5, 5.41) is 0. The minimum absolute atomic E-state index is 0.179. The first-order valence-corrected chi connectivity index (χ1v) is 7.49. The van der Waals surface area contributed by atoms with Gasteiger partial charge in [-0.1, -0.05) is 45.0 Å². The van der Waals surface area contributed by atoms with Crippen molar-refractivity contribution in [2.75, 3.05) is 13.1 Å². The second kappa shape index (κ2) is 5.64. The van der Waals surface area contributed by atoms with Gasteiger partial charge in [0.15, 0.2) is 0 Å². The maximum atomic E-state index is 6.23. The highest BCUT2D eigenvalue weighted by molar-refractivity contribution is 5.30. The molecule has 1 aliphatic rings. The van der Waals surface area contributed by atoms with E-state index in [0.29, 0.717) is 6.04 Å². The molecule has 0 radical (unpaired) electrons. The smallest absolute Gasteiger partial charge is 0.0496 e. The lowest BCUT2D eigenvalue weighted by molar-refractivity contribution is 0.219. The van der Waals surface area contributed by atoms with E-state index in [1.807, 2.05) is 0 Å². The van der Waals surface area contributed by atoms with Crippen molar-refractivity contribution in [3.63, 3.8) is 0 Å². The second-order valence-corrected chi connectivity index (χ2v) is 6.92. The van der Waals surface area contributed by atoms with Crippen LogP contribution in [-0.4, -0.2) is 24.0 Å². The monoisotopic (exact) mass is 260 g/mol. The van der Waals surface area contributed by atoms with Gasteiger partial charge >= 0.3 is 0 Å². The molecule has 2 N–H and O–H groups in total. The van der Waals surface area contributed by atoms with E-state index in [1.54, 1.807) is 0 Å². The van der Waals surface area contributed by atoms with Crippen molar-refractivity contribution in [1.29, 1.82) is 0 Å². The van der Waals surface area contributed by atoms with Crippen molar-refractivity contribution in [2.24, 2.45) is 5.73 Å². The summed E-state index contributed by atoms with van der Waals surface area (Å²) < 4.78 is 0. The van der Waals surface area contributed by atoms with Crippen LogP contribution in [0.25, 0.3) is 0 Å². The van der Waals surface area contributed by atoms with Crippen LogP contribution in [0.1, 0.15) is 57.7 Å². The molecular formula is C17H28N2. The zero-order valence-corrected chi connectivity index (χ0v) is 12.8. The molecule has 2 atom stereocenters. The molecule has 0 aromatic heterocycles. The van der Waals surface area contributed by atoms with Gasteiger partial charge in [0.25, 0.3) is 0 Å². The van der Waals surface area contributed by atoms with Gasteiger partial charge in [0.2, 0.25) is 0 Å². The quantitative estimate of drug-likeness (QED) is 0.901. The molecule has 1 fully saturated rings. The van der Waals surface area contributed by atoms with E-state index in [9.17, 15) is 0 Å². The summed E-state index contributed by atoms with van der Waals surface area (Å²) in [6.45, 7) is 11.3. The largest absolute Gasteiger partial charge is 0.326 e. The SMILES string of the molecule is CC(N)C(c1ccc(C(C)(C)C)cc1)N1CCCC1.